The van der Waals surface area contributed by atoms with E-state index < -0.39 is 27.5 Å². The van der Waals surface area contributed by atoms with Gasteiger partial charge in [0, 0.05) is 6.21 Å². The van der Waals surface area contributed by atoms with E-state index in [0.29, 0.717) is 5.56 Å². The Morgan fingerprint density at radius 3 is 2.15 bits per heavy atom. The third kappa shape index (κ3) is 6.29. The standard InChI is InChI=1S/C27H26F3NOS/c1-19-21(11-8-12-24(19)22-9-6-5-7-10-22)14-15-23-17-20(13-16-25(23)27(28,29)30)18-31-33(32)26(2,3)4/h5-18H,1-4H3/b15-14+,31-18?. The molecule has 0 spiro atoms. The molecule has 0 bridgehead atoms. The van der Waals surface area contributed by atoms with Gasteiger partial charge in [0.2, 0.25) is 0 Å². The molecule has 6 heteroatoms. The van der Waals surface area contributed by atoms with Crippen LogP contribution >= 0.6 is 0 Å². The van der Waals surface area contributed by atoms with Gasteiger partial charge in [-0.1, -0.05) is 66.7 Å². The molecule has 0 amide bonds. The molecule has 0 aliphatic heterocycles. The summed E-state index contributed by atoms with van der Waals surface area (Å²) in [5, 5.41) is 0. The van der Waals surface area contributed by atoms with Crippen molar-refractivity contribution >= 4 is 29.4 Å². The molecule has 3 aromatic rings. The minimum Gasteiger partial charge on any atom is -0.234 e. The van der Waals surface area contributed by atoms with Crippen LogP contribution in [0.3, 0.4) is 0 Å². The minimum absolute atomic E-state index is 0.0255. The van der Waals surface area contributed by atoms with E-state index in [2.05, 4.69) is 4.40 Å². The number of alkyl halides is 3. The quantitative estimate of drug-likeness (QED) is 0.278. The molecular weight excluding hydrogens is 443 g/mol. The van der Waals surface area contributed by atoms with Crippen LogP contribution in [0.2, 0.25) is 0 Å². The van der Waals surface area contributed by atoms with Crippen molar-refractivity contribution in [1.82, 2.24) is 0 Å². The van der Waals surface area contributed by atoms with E-state index in [1.165, 1.54) is 24.4 Å². The highest BCUT2D eigenvalue weighted by Gasteiger charge is 2.32. The highest BCUT2D eigenvalue weighted by Crippen LogP contribution is 2.34. The van der Waals surface area contributed by atoms with Gasteiger partial charge in [0.25, 0.3) is 0 Å². The summed E-state index contributed by atoms with van der Waals surface area (Å²) >= 11 is 0. The number of hydrogen-bond donors (Lipinski definition) is 0. The Kier molecular flexibility index (Phi) is 7.38. The molecule has 172 valence electrons. The maximum atomic E-state index is 13.6. The van der Waals surface area contributed by atoms with Crippen LogP contribution in [0.1, 0.15) is 48.6 Å². The lowest BCUT2D eigenvalue weighted by molar-refractivity contribution is -0.137. The molecule has 0 aromatic heterocycles. The average Bonchev–Trinajstić information content (AvgIpc) is 2.76. The summed E-state index contributed by atoms with van der Waals surface area (Å²) in [5.74, 6) is 0. The first-order chi connectivity index (χ1) is 15.5. The summed E-state index contributed by atoms with van der Waals surface area (Å²) in [6.07, 6.45) is 0.0310. The van der Waals surface area contributed by atoms with Gasteiger partial charge in [0.05, 0.1) is 10.3 Å². The fourth-order valence-corrected chi connectivity index (χ4v) is 3.80. The van der Waals surface area contributed by atoms with Crippen molar-refractivity contribution in [3.63, 3.8) is 0 Å². The SMILES string of the molecule is Cc1c(/C=C/c2cc(C=NS(=O)C(C)(C)C)ccc2C(F)(F)F)cccc1-c1ccccc1. The molecule has 33 heavy (non-hydrogen) atoms. The van der Waals surface area contributed by atoms with Crippen molar-refractivity contribution < 1.29 is 17.4 Å². The van der Waals surface area contributed by atoms with Crippen LogP contribution in [0.25, 0.3) is 23.3 Å². The molecule has 1 atom stereocenters. The Balaban J connectivity index is 2.00. The topological polar surface area (TPSA) is 29.4 Å². The maximum absolute atomic E-state index is 13.6. The van der Waals surface area contributed by atoms with E-state index in [4.69, 9.17) is 0 Å². The van der Waals surface area contributed by atoms with E-state index in [1.54, 1.807) is 26.8 Å². The van der Waals surface area contributed by atoms with Gasteiger partial charge in [0.15, 0.2) is 0 Å². The number of hydrogen-bond acceptors (Lipinski definition) is 1. The molecule has 0 saturated carbocycles. The summed E-state index contributed by atoms with van der Waals surface area (Å²) < 4.78 is 56.5. The second-order valence-electron chi connectivity index (χ2n) is 8.66. The van der Waals surface area contributed by atoms with E-state index in [-0.39, 0.29) is 5.56 Å². The first-order valence-corrected chi connectivity index (χ1v) is 11.6. The summed E-state index contributed by atoms with van der Waals surface area (Å²) in [6.45, 7) is 7.31. The number of halogens is 3. The number of nitrogens with zero attached hydrogens (tertiary/aromatic N) is 1. The van der Waals surface area contributed by atoms with E-state index in [1.807, 2.05) is 55.5 Å². The van der Waals surface area contributed by atoms with E-state index >= 15 is 0 Å². The van der Waals surface area contributed by atoms with Gasteiger partial charge in [-0.15, -0.1) is 0 Å². The van der Waals surface area contributed by atoms with Crippen LogP contribution in [0.4, 0.5) is 13.2 Å². The van der Waals surface area contributed by atoms with E-state index in [0.717, 1.165) is 28.3 Å². The van der Waals surface area contributed by atoms with Gasteiger partial charge in [-0.3, -0.25) is 0 Å². The van der Waals surface area contributed by atoms with Crippen molar-refractivity contribution in [2.24, 2.45) is 4.40 Å². The lowest BCUT2D eigenvalue weighted by atomic mass is 9.95. The van der Waals surface area contributed by atoms with Crippen molar-refractivity contribution in [1.29, 1.82) is 0 Å². The zero-order valence-electron chi connectivity index (χ0n) is 19.0. The van der Waals surface area contributed by atoms with Crippen LogP contribution in [-0.2, 0) is 17.2 Å². The molecule has 0 saturated heterocycles. The zero-order valence-corrected chi connectivity index (χ0v) is 19.8. The normalized spacial score (nSPS) is 13.7. The van der Waals surface area contributed by atoms with Gasteiger partial charge in [-0.05, 0) is 73.2 Å². The third-order valence-electron chi connectivity index (χ3n) is 5.11. The number of rotatable bonds is 5. The number of benzene rings is 3. The van der Waals surface area contributed by atoms with Gasteiger partial charge >= 0.3 is 6.18 Å². The van der Waals surface area contributed by atoms with Gasteiger partial charge in [0.1, 0.15) is 11.0 Å². The van der Waals surface area contributed by atoms with Gasteiger partial charge < -0.3 is 0 Å². The predicted molar refractivity (Wildman–Crippen MR) is 132 cm³/mol. The molecule has 0 aliphatic rings. The maximum Gasteiger partial charge on any atom is 0.416 e. The van der Waals surface area contributed by atoms with Gasteiger partial charge in [-0.25, -0.2) is 4.21 Å². The molecule has 0 heterocycles. The monoisotopic (exact) mass is 469 g/mol. The van der Waals surface area contributed by atoms with Crippen molar-refractivity contribution in [3.05, 3.63) is 94.5 Å². The van der Waals surface area contributed by atoms with E-state index in [9.17, 15) is 17.4 Å². The molecule has 2 nitrogen and oxygen atoms in total. The van der Waals surface area contributed by atoms with Crippen molar-refractivity contribution in [2.45, 2.75) is 38.6 Å². The minimum atomic E-state index is -4.50. The summed E-state index contributed by atoms with van der Waals surface area (Å²) in [5.41, 5.74) is 3.63. The fourth-order valence-electron chi connectivity index (χ4n) is 3.27. The third-order valence-corrected chi connectivity index (χ3v) is 6.45. The molecular formula is C27H26F3NOS. The Morgan fingerprint density at radius 1 is 0.848 bits per heavy atom. The molecule has 0 N–H and O–H groups in total. The largest absolute Gasteiger partial charge is 0.416 e. The second-order valence-corrected chi connectivity index (χ2v) is 10.6. The Hall–Kier alpha value is -2.99. The Labute approximate surface area is 195 Å². The molecule has 0 aliphatic carbocycles. The summed E-state index contributed by atoms with van der Waals surface area (Å²) in [7, 11) is -1.50. The molecule has 0 radical (unpaired) electrons. The molecule has 0 fully saturated rings. The summed E-state index contributed by atoms with van der Waals surface area (Å²) in [4.78, 5) is 0. The second kappa shape index (κ2) is 9.87. The lowest BCUT2D eigenvalue weighted by Gasteiger charge is -2.13. The average molecular weight is 470 g/mol. The van der Waals surface area contributed by atoms with Crippen LogP contribution in [0.15, 0.2) is 71.1 Å². The van der Waals surface area contributed by atoms with Crippen LogP contribution in [-0.4, -0.2) is 15.2 Å². The van der Waals surface area contributed by atoms with Gasteiger partial charge in [-0.2, -0.15) is 17.6 Å². The smallest absolute Gasteiger partial charge is 0.234 e. The molecule has 3 aromatic carbocycles. The highest BCUT2D eigenvalue weighted by atomic mass is 32.2. The predicted octanol–water partition coefficient (Wildman–Crippen LogP) is 7.73. The van der Waals surface area contributed by atoms with Crippen molar-refractivity contribution in [2.75, 3.05) is 0 Å². The van der Waals surface area contributed by atoms with Crippen LogP contribution < -0.4 is 0 Å². The molecule has 3 rings (SSSR count). The summed E-state index contributed by atoms with van der Waals surface area (Å²) in [6, 6.07) is 19.4. The molecule has 1 unspecified atom stereocenters. The van der Waals surface area contributed by atoms with Crippen LogP contribution in [0.5, 0.6) is 0 Å². The highest BCUT2D eigenvalue weighted by molar-refractivity contribution is 7.85. The van der Waals surface area contributed by atoms with Crippen LogP contribution in [0, 0.1) is 6.92 Å². The first-order valence-electron chi connectivity index (χ1n) is 10.5. The first kappa shape index (κ1) is 24.6. The van der Waals surface area contributed by atoms with Crippen molar-refractivity contribution in [3.8, 4) is 11.1 Å². The Bertz CT molecular complexity index is 1210. The Morgan fingerprint density at radius 2 is 1.52 bits per heavy atom. The zero-order chi connectivity index (χ0) is 24.2. The lowest BCUT2D eigenvalue weighted by Crippen LogP contribution is -2.19. The fraction of sp³-hybridized carbons (Fsp3) is 0.222.